The number of nitrogens with zero attached hydrogens (tertiary/aromatic N) is 2. The van der Waals surface area contributed by atoms with E-state index in [1.165, 1.54) is 12.1 Å². The number of hydrogen-bond donors (Lipinski definition) is 2. The maximum Gasteiger partial charge on any atom is 0.411 e. The SMILES string of the molecule is CCOC(=O)Nc1cccc(Cn2nc(-c3cc(F)c(OCCN)c(F)c3)ccc2=O)c1. The summed E-state index contributed by atoms with van der Waals surface area (Å²) < 4.78 is 39.6. The minimum atomic E-state index is -0.897. The maximum atomic E-state index is 14.3. The third kappa shape index (κ3) is 5.67. The first kappa shape index (κ1) is 22.9. The minimum absolute atomic E-state index is 0.0274. The van der Waals surface area contributed by atoms with E-state index in [2.05, 4.69) is 10.4 Å². The van der Waals surface area contributed by atoms with E-state index in [1.54, 1.807) is 31.2 Å². The molecular weight excluding hydrogens is 422 g/mol. The summed E-state index contributed by atoms with van der Waals surface area (Å²) in [6.45, 7) is 2.09. The van der Waals surface area contributed by atoms with Gasteiger partial charge in [0.1, 0.15) is 6.61 Å². The monoisotopic (exact) mass is 444 g/mol. The van der Waals surface area contributed by atoms with Gasteiger partial charge in [0.25, 0.3) is 5.56 Å². The Bertz CT molecular complexity index is 1140. The normalized spacial score (nSPS) is 10.6. The number of nitrogens with two attached hydrogens (primary N) is 1. The van der Waals surface area contributed by atoms with Crippen molar-refractivity contribution in [1.29, 1.82) is 0 Å². The lowest BCUT2D eigenvalue weighted by atomic mass is 10.1. The average Bonchev–Trinajstić information content (AvgIpc) is 2.75. The van der Waals surface area contributed by atoms with Crippen LogP contribution in [0.2, 0.25) is 0 Å². The highest BCUT2D eigenvalue weighted by Gasteiger charge is 2.15. The zero-order chi connectivity index (χ0) is 23.1. The molecule has 8 nitrogen and oxygen atoms in total. The average molecular weight is 444 g/mol. The van der Waals surface area contributed by atoms with Crippen LogP contribution >= 0.6 is 0 Å². The summed E-state index contributed by atoms with van der Waals surface area (Å²) in [5, 5.41) is 6.81. The second kappa shape index (κ2) is 10.5. The van der Waals surface area contributed by atoms with Crippen LogP contribution in [0.3, 0.4) is 0 Å². The maximum absolute atomic E-state index is 14.3. The number of benzene rings is 2. The predicted molar refractivity (Wildman–Crippen MR) is 115 cm³/mol. The van der Waals surface area contributed by atoms with Gasteiger partial charge < -0.3 is 15.2 Å². The number of ether oxygens (including phenoxy) is 2. The first-order chi connectivity index (χ1) is 15.4. The van der Waals surface area contributed by atoms with E-state index in [9.17, 15) is 18.4 Å². The highest BCUT2D eigenvalue weighted by molar-refractivity contribution is 5.84. The van der Waals surface area contributed by atoms with Gasteiger partial charge in [0.15, 0.2) is 17.4 Å². The predicted octanol–water partition coefficient (Wildman–Crippen LogP) is 3.14. The lowest BCUT2D eigenvalue weighted by Crippen LogP contribution is -2.23. The molecule has 3 aromatic rings. The molecular formula is C22H22F2N4O4. The molecule has 0 atom stereocenters. The number of anilines is 1. The molecule has 0 spiro atoms. The summed E-state index contributed by atoms with van der Waals surface area (Å²) in [5.74, 6) is -2.31. The largest absolute Gasteiger partial charge is 0.486 e. The Morgan fingerprint density at radius 2 is 1.91 bits per heavy atom. The Balaban J connectivity index is 1.86. The minimum Gasteiger partial charge on any atom is -0.486 e. The third-order valence-electron chi connectivity index (χ3n) is 4.31. The van der Waals surface area contributed by atoms with Crippen LogP contribution in [-0.4, -0.2) is 35.6 Å². The molecule has 0 aliphatic rings. The molecule has 2 aromatic carbocycles. The van der Waals surface area contributed by atoms with Crippen LogP contribution in [0.5, 0.6) is 5.75 Å². The summed E-state index contributed by atoms with van der Waals surface area (Å²) in [7, 11) is 0. The first-order valence-electron chi connectivity index (χ1n) is 9.84. The standard InChI is InChI=1S/C22H22F2N4O4/c1-2-31-22(30)26-16-5-3-4-14(10-16)13-28-20(29)7-6-19(27-28)15-11-17(23)21(18(24)12-15)32-9-8-25/h3-7,10-12H,2,8-9,13,25H2,1H3,(H,26,30). The van der Waals surface area contributed by atoms with Gasteiger partial charge >= 0.3 is 6.09 Å². The third-order valence-corrected chi connectivity index (χ3v) is 4.31. The van der Waals surface area contributed by atoms with Gasteiger partial charge in [0.05, 0.1) is 18.8 Å². The van der Waals surface area contributed by atoms with Crippen LogP contribution < -0.4 is 21.3 Å². The number of rotatable bonds is 8. The molecule has 3 N–H and O–H groups in total. The molecule has 0 saturated heterocycles. The van der Waals surface area contributed by atoms with Gasteiger partial charge in [-0.1, -0.05) is 12.1 Å². The second-order valence-electron chi connectivity index (χ2n) is 6.67. The molecule has 0 aliphatic carbocycles. The van der Waals surface area contributed by atoms with Gasteiger partial charge in [-0.05, 0) is 42.8 Å². The molecule has 1 amide bonds. The molecule has 0 unspecified atom stereocenters. The van der Waals surface area contributed by atoms with Gasteiger partial charge in [-0.3, -0.25) is 10.1 Å². The number of nitrogens with one attached hydrogen (secondary N) is 1. The molecule has 32 heavy (non-hydrogen) atoms. The number of amides is 1. The van der Waals surface area contributed by atoms with Crippen LogP contribution in [-0.2, 0) is 11.3 Å². The Morgan fingerprint density at radius 1 is 1.16 bits per heavy atom. The number of carbonyl (C=O) groups excluding carboxylic acids is 1. The van der Waals surface area contributed by atoms with Crippen molar-refractivity contribution in [3.8, 4) is 17.0 Å². The van der Waals surface area contributed by atoms with Crippen molar-refractivity contribution >= 4 is 11.8 Å². The molecule has 3 rings (SSSR count). The lowest BCUT2D eigenvalue weighted by Gasteiger charge is -2.11. The Morgan fingerprint density at radius 3 is 2.59 bits per heavy atom. The van der Waals surface area contributed by atoms with Crippen molar-refractivity contribution in [2.75, 3.05) is 25.1 Å². The van der Waals surface area contributed by atoms with Crippen molar-refractivity contribution < 1.29 is 23.0 Å². The number of carbonyl (C=O) groups is 1. The fourth-order valence-corrected chi connectivity index (χ4v) is 2.93. The fourth-order valence-electron chi connectivity index (χ4n) is 2.93. The van der Waals surface area contributed by atoms with E-state index >= 15 is 0 Å². The fraction of sp³-hybridized carbons (Fsp3) is 0.227. The van der Waals surface area contributed by atoms with Crippen molar-refractivity contribution in [1.82, 2.24) is 9.78 Å². The Hall–Kier alpha value is -3.79. The summed E-state index contributed by atoms with van der Waals surface area (Å²) >= 11 is 0. The lowest BCUT2D eigenvalue weighted by molar-refractivity contribution is 0.168. The van der Waals surface area contributed by atoms with Crippen LogP contribution in [0.1, 0.15) is 12.5 Å². The molecule has 0 fully saturated rings. The van der Waals surface area contributed by atoms with Crippen molar-refractivity contribution in [3.63, 3.8) is 0 Å². The number of aromatic nitrogens is 2. The van der Waals surface area contributed by atoms with E-state index < -0.39 is 29.0 Å². The van der Waals surface area contributed by atoms with Gasteiger partial charge in [0.2, 0.25) is 0 Å². The van der Waals surface area contributed by atoms with E-state index in [0.29, 0.717) is 11.3 Å². The molecule has 0 bridgehead atoms. The van der Waals surface area contributed by atoms with E-state index in [1.807, 2.05) is 0 Å². The van der Waals surface area contributed by atoms with Crippen molar-refractivity contribution in [2.24, 2.45) is 5.73 Å². The molecule has 0 aliphatic heterocycles. The number of hydrogen-bond acceptors (Lipinski definition) is 6. The quantitative estimate of drug-likeness (QED) is 0.553. The molecule has 10 heteroatoms. The van der Waals surface area contributed by atoms with Gasteiger partial charge in [-0.2, -0.15) is 5.10 Å². The zero-order valence-corrected chi connectivity index (χ0v) is 17.3. The van der Waals surface area contributed by atoms with Crippen LogP contribution in [0.15, 0.2) is 53.3 Å². The molecule has 168 valence electrons. The van der Waals surface area contributed by atoms with Crippen LogP contribution in [0.25, 0.3) is 11.3 Å². The van der Waals surface area contributed by atoms with Gasteiger partial charge in [0, 0.05) is 23.9 Å². The van der Waals surface area contributed by atoms with E-state index in [4.69, 9.17) is 15.2 Å². The second-order valence-corrected chi connectivity index (χ2v) is 6.67. The summed E-state index contributed by atoms with van der Waals surface area (Å²) in [4.78, 5) is 23.9. The topological polar surface area (TPSA) is 108 Å². The van der Waals surface area contributed by atoms with Gasteiger partial charge in [-0.15, -0.1) is 0 Å². The molecule has 0 radical (unpaired) electrons. The summed E-state index contributed by atoms with van der Waals surface area (Å²) in [6, 6.07) is 11.6. The molecule has 1 aromatic heterocycles. The highest BCUT2D eigenvalue weighted by atomic mass is 19.1. The molecule has 1 heterocycles. The summed E-state index contributed by atoms with van der Waals surface area (Å²) in [6.07, 6.45) is -0.593. The highest BCUT2D eigenvalue weighted by Crippen LogP contribution is 2.27. The van der Waals surface area contributed by atoms with E-state index in [0.717, 1.165) is 16.8 Å². The molecule has 0 saturated carbocycles. The van der Waals surface area contributed by atoms with Crippen LogP contribution in [0.4, 0.5) is 19.3 Å². The smallest absolute Gasteiger partial charge is 0.411 e. The Kier molecular flexibility index (Phi) is 7.50. The summed E-state index contributed by atoms with van der Waals surface area (Å²) in [5.41, 5.74) is 6.41. The van der Waals surface area contributed by atoms with Crippen molar-refractivity contribution in [2.45, 2.75) is 13.5 Å². The van der Waals surface area contributed by atoms with Gasteiger partial charge in [-0.25, -0.2) is 18.3 Å². The van der Waals surface area contributed by atoms with Crippen molar-refractivity contribution in [3.05, 3.63) is 76.1 Å². The van der Waals surface area contributed by atoms with E-state index in [-0.39, 0.29) is 37.6 Å². The van der Waals surface area contributed by atoms with Crippen LogP contribution in [0, 0.1) is 11.6 Å². The first-order valence-corrected chi connectivity index (χ1v) is 9.84. The Labute approximate surface area is 182 Å². The number of halogens is 2. The zero-order valence-electron chi connectivity index (χ0n) is 17.3.